The summed E-state index contributed by atoms with van der Waals surface area (Å²) in [6.45, 7) is 4.34. The van der Waals surface area contributed by atoms with Gasteiger partial charge in [-0.3, -0.25) is 0 Å². The smallest absolute Gasteiger partial charge is 0.335 e. The van der Waals surface area contributed by atoms with Gasteiger partial charge in [-0.25, -0.2) is 4.79 Å². The Kier molecular flexibility index (Phi) is 3.69. The van der Waals surface area contributed by atoms with Crippen LogP contribution in [0.1, 0.15) is 36.2 Å². The molecule has 0 aromatic heterocycles. The molecule has 1 rings (SSSR count). The molecule has 0 amide bonds. The summed E-state index contributed by atoms with van der Waals surface area (Å²) in [5, 5.41) is 8.79. The van der Waals surface area contributed by atoms with Gasteiger partial charge < -0.3 is 5.11 Å². The first-order valence-corrected chi connectivity index (χ1v) is 4.92. The number of benzene rings is 1. The van der Waals surface area contributed by atoms with E-state index in [4.69, 9.17) is 5.11 Å². The average molecular weight is 192 g/mol. The fourth-order valence-electron chi connectivity index (χ4n) is 1.32. The fourth-order valence-corrected chi connectivity index (χ4v) is 1.32. The Morgan fingerprint density at radius 1 is 1.43 bits per heavy atom. The molecule has 0 aliphatic carbocycles. The van der Waals surface area contributed by atoms with Crippen molar-refractivity contribution in [3.63, 3.8) is 0 Å². The molecule has 0 fully saturated rings. The Balaban J connectivity index is 2.69. The molecule has 2 heteroatoms. The molecule has 0 heterocycles. The molecule has 0 saturated heterocycles. The predicted molar refractivity (Wildman–Crippen MR) is 56.6 cm³/mol. The van der Waals surface area contributed by atoms with E-state index in [1.54, 1.807) is 18.2 Å². The third-order valence-corrected chi connectivity index (χ3v) is 2.18. The number of hydrogen-bond acceptors (Lipinski definition) is 1. The zero-order valence-electron chi connectivity index (χ0n) is 8.66. The van der Waals surface area contributed by atoms with E-state index >= 15 is 0 Å². The van der Waals surface area contributed by atoms with E-state index in [1.165, 1.54) is 0 Å². The van der Waals surface area contributed by atoms with Crippen LogP contribution in [0.3, 0.4) is 0 Å². The highest BCUT2D eigenvalue weighted by molar-refractivity contribution is 5.87. The molecule has 1 N–H and O–H groups in total. The van der Waals surface area contributed by atoms with E-state index in [-0.39, 0.29) is 0 Å². The van der Waals surface area contributed by atoms with Crippen LogP contribution in [0.5, 0.6) is 0 Å². The van der Waals surface area contributed by atoms with Gasteiger partial charge in [0.2, 0.25) is 0 Å². The first-order chi connectivity index (χ1) is 6.59. The molecule has 1 aromatic rings. The van der Waals surface area contributed by atoms with Crippen LogP contribution < -0.4 is 0 Å². The Bertz CT molecular complexity index is 316. The van der Waals surface area contributed by atoms with Gasteiger partial charge in [-0.2, -0.15) is 0 Å². The molecule has 0 unspecified atom stereocenters. The molecular weight excluding hydrogens is 176 g/mol. The van der Waals surface area contributed by atoms with Crippen LogP contribution >= 0.6 is 0 Å². The van der Waals surface area contributed by atoms with Crippen molar-refractivity contribution in [2.24, 2.45) is 5.92 Å². The lowest BCUT2D eigenvalue weighted by Gasteiger charge is -2.05. The second kappa shape index (κ2) is 4.80. The van der Waals surface area contributed by atoms with Crippen molar-refractivity contribution in [1.82, 2.24) is 0 Å². The summed E-state index contributed by atoms with van der Waals surface area (Å²) < 4.78 is 0. The number of aromatic carboxylic acids is 1. The lowest BCUT2D eigenvalue weighted by atomic mass is 10.0. The van der Waals surface area contributed by atoms with Crippen LogP contribution in [0.25, 0.3) is 0 Å². The monoisotopic (exact) mass is 192 g/mol. The van der Waals surface area contributed by atoms with E-state index < -0.39 is 5.97 Å². The summed E-state index contributed by atoms with van der Waals surface area (Å²) in [6, 6.07) is 7.17. The molecule has 0 radical (unpaired) electrons. The van der Waals surface area contributed by atoms with Gasteiger partial charge in [-0.1, -0.05) is 26.0 Å². The minimum atomic E-state index is -0.851. The average Bonchev–Trinajstić information content (AvgIpc) is 2.15. The summed E-state index contributed by atoms with van der Waals surface area (Å²) in [5.41, 5.74) is 1.49. The lowest BCUT2D eigenvalue weighted by Crippen LogP contribution is -1.98. The quantitative estimate of drug-likeness (QED) is 0.796. The van der Waals surface area contributed by atoms with Crippen molar-refractivity contribution >= 4 is 5.97 Å². The van der Waals surface area contributed by atoms with Gasteiger partial charge in [0.1, 0.15) is 0 Å². The second-order valence-electron chi connectivity index (χ2n) is 3.94. The van der Waals surface area contributed by atoms with Crippen molar-refractivity contribution < 1.29 is 9.90 Å². The number of carboxylic acids is 1. The highest BCUT2D eigenvalue weighted by Gasteiger charge is 2.03. The molecule has 0 atom stereocenters. The SMILES string of the molecule is CC(C)CCc1cccc(C(=O)O)c1. The number of aryl methyl sites for hydroxylation is 1. The number of rotatable bonds is 4. The summed E-state index contributed by atoms with van der Waals surface area (Å²) in [4.78, 5) is 10.7. The van der Waals surface area contributed by atoms with Crippen LogP contribution in [-0.2, 0) is 6.42 Å². The molecule has 2 nitrogen and oxygen atoms in total. The molecule has 76 valence electrons. The molecule has 1 aromatic carbocycles. The largest absolute Gasteiger partial charge is 0.478 e. The van der Waals surface area contributed by atoms with Gasteiger partial charge >= 0.3 is 5.97 Å². The molecular formula is C12H16O2. The maximum atomic E-state index is 10.7. The van der Waals surface area contributed by atoms with Crippen LogP contribution in [0.4, 0.5) is 0 Å². The minimum Gasteiger partial charge on any atom is -0.478 e. The zero-order valence-corrected chi connectivity index (χ0v) is 8.66. The van der Waals surface area contributed by atoms with E-state index in [0.717, 1.165) is 18.4 Å². The minimum absolute atomic E-state index is 0.381. The van der Waals surface area contributed by atoms with E-state index in [9.17, 15) is 4.79 Å². The van der Waals surface area contributed by atoms with Gasteiger partial charge in [0.25, 0.3) is 0 Å². The second-order valence-corrected chi connectivity index (χ2v) is 3.94. The van der Waals surface area contributed by atoms with Crippen molar-refractivity contribution in [1.29, 1.82) is 0 Å². The normalized spacial score (nSPS) is 10.5. The molecule has 14 heavy (non-hydrogen) atoms. The van der Waals surface area contributed by atoms with Crippen LogP contribution in [-0.4, -0.2) is 11.1 Å². The zero-order chi connectivity index (χ0) is 10.6. The van der Waals surface area contributed by atoms with E-state index in [2.05, 4.69) is 13.8 Å². The molecule has 0 spiro atoms. The highest BCUT2D eigenvalue weighted by atomic mass is 16.4. The molecule has 0 aliphatic rings. The fraction of sp³-hybridized carbons (Fsp3) is 0.417. The Morgan fingerprint density at radius 2 is 2.14 bits per heavy atom. The van der Waals surface area contributed by atoms with Crippen molar-refractivity contribution in [3.8, 4) is 0 Å². The Hall–Kier alpha value is -1.31. The number of carboxylic acid groups (broad SMARTS) is 1. The predicted octanol–water partition coefficient (Wildman–Crippen LogP) is 2.97. The van der Waals surface area contributed by atoms with E-state index in [1.807, 2.05) is 6.07 Å². The van der Waals surface area contributed by atoms with Gasteiger partial charge in [0.05, 0.1) is 5.56 Å². The van der Waals surface area contributed by atoms with Gasteiger partial charge in [-0.15, -0.1) is 0 Å². The van der Waals surface area contributed by atoms with Crippen LogP contribution in [0.15, 0.2) is 24.3 Å². The summed E-state index contributed by atoms with van der Waals surface area (Å²) >= 11 is 0. The molecule has 0 aliphatic heterocycles. The summed E-state index contributed by atoms with van der Waals surface area (Å²) in [5.74, 6) is -0.195. The van der Waals surface area contributed by atoms with Crippen molar-refractivity contribution in [2.45, 2.75) is 26.7 Å². The summed E-state index contributed by atoms with van der Waals surface area (Å²) in [7, 11) is 0. The van der Waals surface area contributed by atoms with Crippen LogP contribution in [0, 0.1) is 5.92 Å². The number of hydrogen-bond donors (Lipinski definition) is 1. The van der Waals surface area contributed by atoms with E-state index in [0.29, 0.717) is 11.5 Å². The van der Waals surface area contributed by atoms with Crippen molar-refractivity contribution in [2.75, 3.05) is 0 Å². The summed E-state index contributed by atoms with van der Waals surface area (Å²) in [6.07, 6.45) is 2.06. The first kappa shape index (κ1) is 10.8. The van der Waals surface area contributed by atoms with Gasteiger partial charge in [0.15, 0.2) is 0 Å². The first-order valence-electron chi connectivity index (χ1n) is 4.92. The van der Waals surface area contributed by atoms with Gasteiger partial charge in [-0.05, 0) is 36.5 Å². The molecule has 0 bridgehead atoms. The maximum Gasteiger partial charge on any atom is 0.335 e. The molecule has 0 saturated carbocycles. The lowest BCUT2D eigenvalue weighted by molar-refractivity contribution is 0.0697. The number of carbonyl (C=O) groups is 1. The third-order valence-electron chi connectivity index (χ3n) is 2.18. The van der Waals surface area contributed by atoms with Crippen molar-refractivity contribution in [3.05, 3.63) is 35.4 Å². The topological polar surface area (TPSA) is 37.3 Å². The highest BCUT2D eigenvalue weighted by Crippen LogP contribution is 2.11. The third kappa shape index (κ3) is 3.21. The standard InChI is InChI=1S/C12H16O2/c1-9(2)6-7-10-4-3-5-11(8-10)12(13)14/h3-5,8-9H,6-7H2,1-2H3,(H,13,14). The maximum absolute atomic E-state index is 10.7. The van der Waals surface area contributed by atoms with Gasteiger partial charge in [0, 0.05) is 0 Å². The Morgan fingerprint density at radius 3 is 2.71 bits per heavy atom. The van der Waals surface area contributed by atoms with Crippen LogP contribution in [0.2, 0.25) is 0 Å². The Labute approximate surface area is 84.6 Å².